The number of aromatic nitrogens is 1. The number of ether oxygens (including phenoxy) is 2. The molecule has 1 amide bonds. The van der Waals surface area contributed by atoms with Gasteiger partial charge in [-0.2, -0.15) is 0 Å². The lowest BCUT2D eigenvalue weighted by Gasteiger charge is -2.34. The summed E-state index contributed by atoms with van der Waals surface area (Å²) in [6, 6.07) is 18.1. The second-order valence-electron chi connectivity index (χ2n) is 10.1. The molecule has 0 bridgehead atoms. The van der Waals surface area contributed by atoms with E-state index in [0.29, 0.717) is 12.7 Å². The molecule has 1 heterocycles. The summed E-state index contributed by atoms with van der Waals surface area (Å²) in [6.45, 7) is 5.57. The van der Waals surface area contributed by atoms with E-state index in [1.165, 1.54) is 37.1 Å². The molecule has 0 spiro atoms. The van der Waals surface area contributed by atoms with Gasteiger partial charge in [-0.05, 0) is 61.8 Å². The number of carbonyl (C=O) groups is 2. The van der Waals surface area contributed by atoms with Crippen LogP contribution in [0, 0.1) is 17.7 Å². The highest BCUT2D eigenvalue weighted by atomic mass is 19.1. The first kappa shape index (κ1) is 29.8. The van der Waals surface area contributed by atoms with E-state index < -0.39 is 17.2 Å². The summed E-state index contributed by atoms with van der Waals surface area (Å²) < 4.78 is 24.9. The van der Waals surface area contributed by atoms with E-state index in [-0.39, 0.29) is 41.8 Å². The lowest BCUT2D eigenvalue weighted by Crippen LogP contribution is -2.52. The van der Waals surface area contributed by atoms with Crippen LogP contribution in [0.5, 0.6) is 11.5 Å². The van der Waals surface area contributed by atoms with Crippen LogP contribution < -0.4 is 10.1 Å². The van der Waals surface area contributed by atoms with Crippen LogP contribution >= 0.6 is 0 Å². The number of hydrogen-bond donors (Lipinski definition) is 2. The largest absolute Gasteiger partial charge is 0.503 e. The third kappa shape index (κ3) is 8.10. The Bertz CT molecular complexity index is 1220. The van der Waals surface area contributed by atoms with E-state index in [9.17, 15) is 19.1 Å². The molecule has 0 fully saturated rings. The average Bonchev–Trinajstić information content (AvgIpc) is 2.95. The summed E-state index contributed by atoms with van der Waals surface area (Å²) >= 11 is 0. The zero-order chi connectivity index (χ0) is 28.4. The summed E-state index contributed by atoms with van der Waals surface area (Å²) in [7, 11) is 1.37. The topological polar surface area (TPSA) is 97.8 Å². The Morgan fingerprint density at radius 3 is 2.38 bits per heavy atom. The Kier molecular flexibility index (Phi) is 10.6. The molecule has 0 unspecified atom stereocenters. The standard InChI is InChI=1S/C31H37FN2O5/c1-5-24(17-22-9-7-6-8-10-22)26(18-23-11-13-25(32)14-12-23)21(2)39-20-31(3,19-35)34-30(37)28-29(36)27(38-4)15-16-33-28/h6-16,19,21,24,26,36H,5,17-18,20H2,1-4H3,(H,34,37)/t21-,24+,26-,31-/m0/s1. The predicted molar refractivity (Wildman–Crippen MR) is 147 cm³/mol. The van der Waals surface area contributed by atoms with Crippen molar-refractivity contribution in [3.05, 3.63) is 89.5 Å². The molecule has 208 valence electrons. The van der Waals surface area contributed by atoms with Crippen molar-refractivity contribution in [1.82, 2.24) is 10.3 Å². The smallest absolute Gasteiger partial charge is 0.274 e. The number of rotatable bonds is 14. The molecule has 0 aliphatic heterocycles. The fourth-order valence-electron chi connectivity index (χ4n) is 4.74. The maximum absolute atomic E-state index is 13.6. The Hall–Kier alpha value is -3.78. The first-order chi connectivity index (χ1) is 18.7. The number of benzene rings is 2. The van der Waals surface area contributed by atoms with Crippen LogP contribution in [0.1, 0.15) is 48.8 Å². The number of methoxy groups -OCH3 is 1. The van der Waals surface area contributed by atoms with Crippen molar-refractivity contribution in [2.24, 2.45) is 11.8 Å². The second kappa shape index (κ2) is 13.8. The number of hydrogen-bond acceptors (Lipinski definition) is 6. The fourth-order valence-corrected chi connectivity index (χ4v) is 4.74. The van der Waals surface area contributed by atoms with E-state index >= 15 is 0 Å². The lowest BCUT2D eigenvalue weighted by atomic mass is 9.78. The first-order valence-electron chi connectivity index (χ1n) is 13.1. The van der Waals surface area contributed by atoms with Crippen LogP contribution in [-0.4, -0.2) is 47.6 Å². The van der Waals surface area contributed by atoms with Crippen molar-refractivity contribution >= 4 is 12.2 Å². The van der Waals surface area contributed by atoms with Crippen molar-refractivity contribution < 1.29 is 28.6 Å². The van der Waals surface area contributed by atoms with Gasteiger partial charge in [0.1, 0.15) is 17.6 Å². The van der Waals surface area contributed by atoms with Gasteiger partial charge in [0, 0.05) is 12.3 Å². The molecular formula is C31H37FN2O5. The van der Waals surface area contributed by atoms with Gasteiger partial charge in [0.15, 0.2) is 17.2 Å². The maximum atomic E-state index is 13.6. The van der Waals surface area contributed by atoms with E-state index in [0.717, 1.165) is 18.4 Å². The van der Waals surface area contributed by atoms with Crippen molar-refractivity contribution in [3.8, 4) is 11.5 Å². The van der Waals surface area contributed by atoms with Crippen LogP contribution in [0.4, 0.5) is 4.39 Å². The Balaban J connectivity index is 1.77. The molecule has 0 radical (unpaired) electrons. The summed E-state index contributed by atoms with van der Waals surface area (Å²) in [5.74, 6) is -1.02. The van der Waals surface area contributed by atoms with Gasteiger partial charge in [-0.3, -0.25) is 4.79 Å². The number of pyridine rings is 1. The molecule has 0 aliphatic rings. The quantitative estimate of drug-likeness (QED) is 0.277. The maximum Gasteiger partial charge on any atom is 0.274 e. The number of halogens is 1. The molecule has 0 saturated heterocycles. The summed E-state index contributed by atoms with van der Waals surface area (Å²) in [5, 5.41) is 12.9. The highest BCUT2D eigenvalue weighted by Gasteiger charge is 2.33. The minimum absolute atomic E-state index is 0.0522. The van der Waals surface area contributed by atoms with Crippen LogP contribution in [0.25, 0.3) is 0 Å². The SMILES string of the molecule is CC[C@H](Cc1ccccc1)[C@@H](Cc1ccc(F)cc1)[C@H](C)OC[C@](C)(C=O)NC(=O)c1nccc(OC)c1O. The van der Waals surface area contributed by atoms with E-state index in [2.05, 4.69) is 29.4 Å². The molecular weight excluding hydrogens is 499 g/mol. The third-order valence-electron chi connectivity index (χ3n) is 7.09. The first-order valence-corrected chi connectivity index (χ1v) is 13.1. The Morgan fingerprint density at radius 1 is 1.10 bits per heavy atom. The van der Waals surface area contributed by atoms with Gasteiger partial charge in [0.25, 0.3) is 5.91 Å². The van der Waals surface area contributed by atoms with Crippen molar-refractivity contribution in [3.63, 3.8) is 0 Å². The number of carbonyl (C=O) groups excluding carboxylic acids is 2. The fraction of sp³-hybridized carbons (Fsp3) is 0.387. The molecule has 0 saturated carbocycles. The zero-order valence-corrected chi connectivity index (χ0v) is 22.9. The van der Waals surface area contributed by atoms with Crippen molar-refractivity contribution in [1.29, 1.82) is 0 Å². The normalized spacial score (nSPS) is 15.0. The highest BCUT2D eigenvalue weighted by Crippen LogP contribution is 2.30. The lowest BCUT2D eigenvalue weighted by molar-refractivity contribution is -0.116. The van der Waals surface area contributed by atoms with Gasteiger partial charge in [-0.1, -0.05) is 55.8 Å². The average molecular weight is 537 g/mol. The molecule has 3 aromatic rings. The van der Waals surface area contributed by atoms with Gasteiger partial charge in [0.05, 0.1) is 19.8 Å². The molecule has 4 atom stereocenters. The molecule has 2 N–H and O–H groups in total. The molecule has 7 nitrogen and oxygen atoms in total. The second-order valence-corrected chi connectivity index (χ2v) is 10.1. The van der Waals surface area contributed by atoms with Crippen molar-refractivity contribution in [2.45, 2.75) is 51.7 Å². The monoisotopic (exact) mass is 536 g/mol. The minimum atomic E-state index is -1.37. The molecule has 0 aliphatic carbocycles. The predicted octanol–water partition coefficient (Wildman–Crippen LogP) is 5.16. The molecule has 3 rings (SSSR count). The summed E-state index contributed by atoms with van der Waals surface area (Å²) in [6.07, 6.45) is 4.07. The molecule has 2 aromatic carbocycles. The van der Waals surface area contributed by atoms with Gasteiger partial charge in [-0.25, -0.2) is 9.37 Å². The zero-order valence-electron chi connectivity index (χ0n) is 22.9. The van der Waals surface area contributed by atoms with Crippen LogP contribution in [0.3, 0.4) is 0 Å². The van der Waals surface area contributed by atoms with Gasteiger partial charge in [-0.15, -0.1) is 0 Å². The van der Waals surface area contributed by atoms with E-state index in [4.69, 9.17) is 9.47 Å². The molecule has 1 aromatic heterocycles. The number of aromatic hydroxyl groups is 1. The van der Waals surface area contributed by atoms with Crippen LogP contribution in [0.15, 0.2) is 66.9 Å². The number of aldehydes is 1. The number of nitrogens with one attached hydrogen (secondary N) is 1. The summed E-state index contributed by atoms with van der Waals surface area (Å²) in [5.41, 5.74) is 0.591. The molecule has 8 heteroatoms. The Morgan fingerprint density at radius 2 is 1.77 bits per heavy atom. The Labute approximate surface area is 229 Å². The summed E-state index contributed by atoms with van der Waals surface area (Å²) in [4.78, 5) is 28.9. The van der Waals surface area contributed by atoms with E-state index in [1.54, 1.807) is 19.1 Å². The minimum Gasteiger partial charge on any atom is -0.503 e. The van der Waals surface area contributed by atoms with Gasteiger partial charge < -0.3 is 24.7 Å². The van der Waals surface area contributed by atoms with Crippen molar-refractivity contribution in [2.75, 3.05) is 13.7 Å². The van der Waals surface area contributed by atoms with E-state index in [1.807, 2.05) is 25.1 Å². The van der Waals surface area contributed by atoms with Gasteiger partial charge in [0.2, 0.25) is 0 Å². The van der Waals surface area contributed by atoms with Crippen LogP contribution in [0.2, 0.25) is 0 Å². The number of amides is 1. The number of nitrogens with zero attached hydrogens (tertiary/aromatic N) is 1. The third-order valence-corrected chi connectivity index (χ3v) is 7.09. The van der Waals surface area contributed by atoms with Crippen LogP contribution in [-0.2, 0) is 22.4 Å². The molecule has 39 heavy (non-hydrogen) atoms. The van der Waals surface area contributed by atoms with Gasteiger partial charge >= 0.3 is 0 Å². The highest BCUT2D eigenvalue weighted by molar-refractivity contribution is 5.97.